The van der Waals surface area contributed by atoms with Gasteiger partial charge in [-0.3, -0.25) is 4.90 Å². The molecular weight excluding hydrogens is 248 g/mol. The van der Waals surface area contributed by atoms with E-state index in [9.17, 15) is 0 Å². The van der Waals surface area contributed by atoms with Gasteiger partial charge in [-0.25, -0.2) is 0 Å². The van der Waals surface area contributed by atoms with Gasteiger partial charge in [0, 0.05) is 25.0 Å². The summed E-state index contributed by atoms with van der Waals surface area (Å²) in [6, 6.07) is 4.88. The lowest BCUT2D eigenvalue weighted by atomic mass is 10.0. The normalized spacial score (nSPS) is 20.2. The molecule has 3 nitrogen and oxygen atoms in total. The maximum atomic E-state index is 5.73. The molecule has 0 saturated carbocycles. The molecule has 0 aromatic carbocycles. The van der Waals surface area contributed by atoms with Crippen molar-refractivity contribution < 1.29 is 4.42 Å². The maximum Gasteiger partial charge on any atom is 0.107 e. The number of rotatable bonds is 5. The van der Waals surface area contributed by atoms with Crippen molar-refractivity contribution in [3.63, 3.8) is 0 Å². The van der Waals surface area contributed by atoms with Crippen molar-refractivity contribution in [1.29, 1.82) is 0 Å². The summed E-state index contributed by atoms with van der Waals surface area (Å²) < 4.78 is 5.73. The first-order chi connectivity index (χ1) is 9.56. The van der Waals surface area contributed by atoms with Gasteiger partial charge in [-0.15, -0.1) is 0 Å². The second-order valence-corrected chi connectivity index (χ2v) is 6.46. The summed E-state index contributed by atoms with van der Waals surface area (Å²) in [6.07, 6.45) is 2.49. The minimum absolute atomic E-state index is 0.521. The van der Waals surface area contributed by atoms with E-state index in [-0.39, 0.29) is 0 Å². The number of aryl methyl sites for hydroxylation is 1. The van der Waals surface area contributed by atoms with E-state index in [2.05, 4.69) is 42.7 Å². The van der Waals surface area contributed by atoms with E-state index in [1.807, 2.05) is 6.92 Å². The predicted molar refractivity (Wildman–Crippen MR) is 84.2 cm³/mol. The maximum absolute atomic E-state index is 5.73. The average molecular weight is 278 g/mol. The Morgan fingerprint density at radius 1 is 1.10 bits per heavy atom. The first kappa shape index (κ1) is 15.6. The van der Waals surface area contributed by atoms with E-state index in [4.69, 9.17) is 4.42 Å². The van der Waals surface area contributed by atoms with Gasteiger partial charge in [0.2, 0.25) is 0 Å². The molecule has 1 saturated heterocycles. The predicted octanol–water partition coefficient (Wildman–Crippen LogP) is 3.50. The van der Waals surface area contributed by atoms with Gasteiger partial charge in [0.1, 0.15) is 11.5 Å². The highest BCUT2D eigenvalue weighted by atomic mass is 16.3. The minimum Gasteiger partial charge on any atom is -0.466 e. The summed E-state index contributed by atoms with van der Waals surface area (Å²) in [7, 11) is 0. The first-order valence-electron chi connectivity index (χ1n) is 8.09. The molecule has 1 aromatic heterocycles. The Balaban J connectivity index is 1.76. The molecule has 1 aromatic rings. The molecular formula is C17H30N2O. The third kappa shape index (κ3) is 4.35. The van der Waals surface area contributed by atoms with Gasteiger partial charge in [-0.2, -0.15) is 0 Å². The monoisotopic (exact) mass is 278 g/mol. The van der Waals surface area contributed by atoms with Crippen molar-refractivity contribution in [2.24, 2.45) is 0 Å². The van der Waals surface area contributed by atoms with Crippen molar-refractivity contribution in [3.05, 3.63) is 23.7 Å². The van der Waals surface area contributed by atoms with Crippen molar-refractivity contribution in [2.45, 2.75) is 52.5 Å². The molecule has 0 radical (unpaired) electrons. The zero-order chi connectivity index (χ0) is 14.5. The summed E-state index contributed by atoms with van der Waals surface area (Å²) in [4.78, 5) is 5.22. The Bertz CT molecular complexity index is 399. The minimum atomic E-state index is 0.521. The highest BCUT2D eigenvalue weighted by Gasteiger charge is 2.18. The third-order valence-electron chi connectivity index (χ3n) is 4.48. The largest absolute Gasteiger partial charge is 0.466 e. The van der Waals surface area contributed by atoms with Gasteiger partial charge in [-0.05, 0) is 65.4 Å². The molecule has 2 heterocycles. The van der Waals surface area contributed by atoms with Crippen LogP contribution in [0.3, 0.4) is 0 Å². The van der Waals surface area contributed by atoms with Gasteiger partial charge >= 0.3 is 0 Å². The summed E-state index contributed by atoms with van der Waals surface area (Å²) in [6.45, 7) is 15.0. The Kier molecular flexibility index (Phi) is 5.67. The van der Waals surface area contributed by atoms with Gasteiger partial charge in [0.15, 0.2) is 0 Å². The number of furan rings is 1. The molecule has 1 aliphatic rings. The summed E-state index contributed by atoms with van der Waals surface area (Å²) in [5.74, 6) is 2.68. The molecule has 0 aliphatic carbocycles. The molecule has 1 fully saturated rings. The summed E-state index contributed by atoms with van der Waals surface area (Å²) in [5.41, 5.74) is 0. The van der Waals surface area contributed by atoms with Gasteiger partial charge in [0.05, 0.1) is 0 Å². The molecule has 114 valence electrons. The van der Waals surface area contributed by atoms with Crippen LogP contribution < -0.4 is 0 Å². The van der Waals surface area contributed by atoms with E-state index < -0.39 is 0 Å². The van der Waals surface area contributed by atoms with Crippen molar-refractivity contribution in [1.82, 2.24) is 9.80 Å². The molecule has 0 spiro atoms. The van der Waals surface area contributed by atoms with Crippen LogP contribution in [0.25, 0.3) is 0 Å². The Morgan fingerprint density at radius 2 is 1.90 bits per heavy atom. The Morgan fingerprint density at radius 3 is 2.55 bits per heavy atom. The van der Waals surface area contributed by atoms with E-state index in [1.54, 1.807) is 0 Å². The average Bonchev–Trinajstić information content (AvgIpc) is 2.71. The fourth-order valence-corrected chi connectivity index (χ4v) is 2.97. The van der Waals surface area contributed by atoms with Crippen molar-refractivity contribution in [3.8, 4) is 0 Å². The smallest absolute Gasteiger partial charge is 0.107 e. The van der Waals surface area contributed by atoms with Gasteiger partial charge in [-0.1, -0.05) is 6.92 Å². The molecule has 1 aliphatic heterocycles. The standard InChI is InChI=1S/C17H30N2O/c1-14(2)19-10-5-9-18(12-13-19)11-8-15(3)17-7-6-16(4)20-17/h6-7,14-15H,5,8-13H2,1-4H3/t15-/m0/s1. The molecule has 2 rings (SSSR count). The van der Waals surface area contributed by atoms with Crippen LogP contribution >= 0.6 is 0 Å². The fraction of sp³-hybridized carbons (Fsp3) is 0.765. The van der Waals surface area contributed by atoms with Crippen LogP contribution in [0.1, 0.15) is 51.1 Å². The van der Waals surface area contributed by atoms with Crippen molar-refractivity contribution >= 4 is 0 Å². The number of nitrogens with zero attached hydrogens (tertiary/aromatic N) is 2. The number of hydrogen-bond acceptors (Lipinski definition) is 3. The second-order valence-electron chi connectivity index (χ2n) is 6.46. The lowest BCUT2D eigenvalue weighted by Gasteiger charge is -2.25. The van der Waals surface area contributed by atoms with E-state index in [0.717, 1.165) is 11.5 Å². The van der Waals surface area contributed by atoms with Crippen molar-refractivity contribution in [2.75, 3.05) is 32.7 Å². The van der Waals surface area contributed by atoms with Crippen LogP contribution in [0.2, 0.25) is 0 Å². The Labute approximate surface area is 123 Å². The fourth-order valence-electron chi connectivity index (χ4n) is 2.97. The Hall–Kier alpha value is -0.800. The zero-order valence-electron chi connectivity index (χ0n) is 13.6. The number of hydrogen-bond donors (Lipinski definition) is 0. The lowest BCUT2D eigenvalue weighted by Crippen LogP contribution is -2.35. The SMILES string of the molecule is Cc1ccc([C@@H](C)CCN2CCCN(C(C)C)CC2)o1. The van der Waals surface area contributed by atoms with Crippen LogP contribution in [-0.4, -0.2) is 48.6 Å². The van der Waals surface area contributed by atoms with E-state index in [1.165, 1.54) is 45.6 Å². The summed E-state index contributed by atoms with van der Waals surface area (Å²) >= 11 is 0. The van der Waals surface area contributed by atoms with E-state index >= 15 is 0 Å². The molecule has 0 amide bonds. The topological polar surface area (TPSA) is 19.6 Å². The van der Waals surface area contributed by atoms with Crippen LogP contribution in [0, 0.1) is 6.92 Å². The molecule has 20 heavy (non-hydrogen) atoms. The molecule has 1 atom stereocenters. The van der Waals surface area contributed by atoms with Crippen LogP contribution in [-0.2, 0) is 0 Å². The molecule has 3 heteroatoms. The van der Waals surface area contributed by atoms with Crippen LogP contribution in [0.15, 0.2) is 16.5 Å². The second kappa shape index (κ2) is 7.28. The summed E-state index contributed by atoms with van der Waals surface area (Å²) in [5, 5.41) is 0. The van der Waals surface area contributed by atoms with E-state index in [0.29, 0.717) is 12.0 Å². The molecule has 0 bridgehead atoms. The highest BCUT2D eigenvalue weighted by molar-refractivity contribution is 5.09. The molecule has 0 N–H and O–H groups in total. The lowest BCUT2D eigenvalue weighted by molar-refractivity contribution is 0.217. The highest BCUT2D eigenvalue weighted by Crippen LogP contribution is 2.21. The van der Waals surface area contributed by atoms with Crippen LogP contribution in [0.4, 0.5) is 0 Å². The quantitative estimate of drug-likeness (QED) is 0.822. The first-order valence-corrected chi connectivity index (χ1v) is 8.09. The van der Waals surface area contributed by atoms with Crippen LogP contribution in [0.5, 0.6) is 0 Å². The van der Waals surface area contributed by atoms with Gasteiger partial charge in [0.25, 0.3) is 0 Å². The van der Waals surface area contributed by atoms with Gasteiger partial charge < -0.3 is 9.32 Å². The molecule has 0 unspecified atom stereocenters. The zero-order valence-corrected chi connectivity index (χ0v) is 13.6. The third-order valence-corrected chi connectivity index (χ3v) is 4.48.